The van der Waals surface area contributed by atoms with Crippen LogP contribution in [0.4, 0.5) is 0 Å². The fraction of sp³-hybridized carbons (Fsp3) is 0. The molecule has 0 aliphatic heterocycles. The van der Waals surface area contributed by atoms with E-state index < -0.39 is 0 Å². The Morgan fingerprint density at radius 1 is 0.579 bits per heavy atom. The van der Waals surface area contributed by atoms with E-state index in [-0.39, 0.29) is 0 Å². The van der Waals surface area contributed by atoms with E-state index in [1.807, 2.05) is 18.2 Å². The Morgan fingerprint density at radius 3 is 1.53 bits per heavy atom. The highest BCUT2D eigenvalue weighted by Crippen LogP contribution is 2.24. The Hall–Kier alpha value is -2.61. The molecule has 4 rings (SSSR count). The van der Waals surface area contributed by atoms with Gasteiger partial charge in [0.05, 0.1) is 0 Å². The number of nitrogens with zero attached hydrogens (tertiary/aromatic N) is 1. The zero-order valence-electron chi connectivity index (χ0n) is 10.5. The van der Waals surface area contributed by atoms with Gasteiger partial charge in [-0.15, -0.1) is 0 Å². The fourth-order valence-corrected chi connectivity index (χ4v) is 2.11. The maximum Gasteiger partial charge on any atom is 0.0464 e. The summed E-state index contributed by atoms with van der Waals surface area (Å²) < 4.78 is 0. The summed E-state index contributed by atoms with van der Waals surface area (Å²) >= 11 is 0. The molecule has 0 aliphatic carbocycles. The lowest BCUT2D eigenvalue weighted by Gasteiger charge is -1.87. The molecule has 0 spiro atoms. The van der Waals surface area contributed by atoms with Crippen LogP contribution in [-0.2, 0) is 0 Å². The van der Waals surface area contributed by atoms with Crippen LogP contribution < -0.4 is 0 Å². The molecule has 0 aliphatic rings. The molecule has 0 bridgehead atoms. The fourth-order valence-electron chi connectivity index (χ4n) is 2.11. The Labute approximate surface area is 111 Å². The third-order valence-corrected chi connectivity index (χ3v) is 2.98. The summed E-state index contributed by atoms with van der Waals surface area (Å²) in [7, 11) is 0. The molecule has 0 saturated carbocycles. The summed E-state index contributed by atoms with van der Waals surface area (Å²) in [6.45, 7) is 0. The van der Waals surface area contributed by atoms with Gasteiger partial charge in [0.2, 0.25) is 0 Å². The molecule has 2 aromatic carbocycles. The van der Waals surface area contributed by atoms with Crippen LogP contribution in [0.5, 0.6) is 0 Å². The van der Waals surface area contributed by atoms with Crippen LogP contribution in [0.3, 0.4) is 0 Å². The molecular formula is C17H14N2. The van der Waals surface area contributed by atoms with Crippen LogP contribution in [0.2, 0.25) is 0 Å². The van der Waals surface area contributed by atoms with Crippen molar-refractivity contribution < 1.29 is 0 Å². The molecule has 0 unspecified atom stereocenters. The molecule has 0 radical (unpaired) electrons. The van der Waals surface area contributed by atoms with Gasteiger partial charge < -0.3 is 4.98 Å². The highest BCUT2D eigenvalue weighted by molar-refractivity contribution is 6.06. The van der Waals surface area contributed by atoms with Crippen molar-refractivity contribution in [2.24, 2.45) is 0 Å². The summed E-state index contributed by atoms with van der Waals surface area (Å²) in [5.41, 5.74) is 2.42. The van der Waals surface area contributed by atoms with Crippen molar-refractivity contribution in [3.63, 3.8) is 0 Å². The van der Waals surface area contributed by atoms with Crippen molar-refractivity contribution in [3.05, 3.63) is 79.1 Å². The van der Waals surface area contributed by atoms with Crippen LogP contribution in [0.1, 0.15) is 0 Å². The minimum Gasteiger partial charge on any atom is -0.355 e. The van der Waals surface area contributed by atoms with E-state index in [1.165, 1.54) is 21.8 Å². The van der Waals surface area contributed by atoms with Gasteiger partial charge in [0.25, 0.3) is 0 Å². The number of hydrogen-bond donors (Lipinski definition) is 1. The third kappa shape index (κ3) is 2.47. The third-order valence-electron chi connectivity index (χ3n) is 2.98. The number of fused-ring (bicyclic) bond motifs is 3. The molecule has 1 N–H and O–H groups in total. The number of rotatable bonds is 0. The number of pyridine rings is 1. The minimum atomic E-state index is 1.21. The van der Waals surface area contributed by atoms with Crippen molar-refractivity contribution in [2.75, 3.05) is 0 Å². The van der Waals surface area contributed by atoms with Gasteiger partial charge in [0.15, 0.2) is 0 Å². The average molecular weight is 246 g/mol. The van der Waals surface area contributed by atoms with E-state index in [4.69, 9.17) is 0 Å². The molecule has 92 valence electrons. The number of para-hydroxylation sites is 2. The SMILES string of the molecule is c1ccc2c(c1)[nH]c1ccccc12.c1ccncc1. The monoisotopic (exact) mass is 246 g/mol. The van der Waals surface area contributed by atoms with Crippen LogP contribution in [0, 0.1) is 0 Å². The highest BCUT2D eigenvalue weighted by atomic mass is 14.7. The summed E-state index contributed by atoms with van der Waals surface area (Å²) in [5.74, 6) is 0. The lowest BCUT2D eigenvalue weighted by Crippen LogP contribution is -1.62. The molecule has 2 aromatic heterocycles. The number of benzene rings is 2. The van der Waals surface area contributed by atoms with E-state index in [2.05, 4.69) is 58.5 Å². The number of aromatic nitrogens is 2. The summed E-state index contributed by atoms with van der Waals surface area (Å²) in [6, 6.07) is 22.5. The first-order valence-electron chi connectivity index (χ1n) is 6.25. The lowest BCUT2D eigenvalue weighted by atomic mass is 10.2. The second kappa shape index (κ2) is 5.36. The Kier molecular flexibility index (Phi) is 3.24. The molecule has 2 nitrogen and oxygen atoms in total. The quantitative estimate of drug-likeness (QED) is 0.489. The smallest absolute Gasteiger partial charge is 0.0464 e. The van der Waals surface area contributed by atoms with Crippen molar-refractivity contribution in [1.29, 1.82) is 0 Å². The van der Waals surface area contributed by atoms with Crippen LogP contribution >= 0.6 is 0 Å². The van der Waals surface area contributed by atoms with Crippen molar-refractivity contribution in [2.45, 2.75) is 0 Å². The van der Waals surface area contributed by atoms with Gasteiger partial charge in [0.1, 0.15) is 0 Å². The van der Waals surface area contributed by atoms with Gasteiger partial charge in [-0.05, 0) is 24.3 Å². The number of H-pyrrole nitrogens is 1. The predicted molar refractivity (Wildman–Crippen MR) is 80.0 cm³/mol. The maximum atomic E-state index is 3.78. The number of hydrogen-bond acceptors (Lipinski definition) is 1. The predicted octanol–water partition coefficient (Wildman–Crippen LogP) is 4.40. The standard InChI is InChI=1S/C12H9N.C5H5N/c1-3-7-11-9(5-1)10-6-2-4-8-12(10)13-11;1-2-4-6-5-3-1/h1-8,13H;1-5H. The molecular weight excluding hydrogens is 232 g/mol. The van der Waals surface area contributed by atoms with Crippen molar-refractivity contribution in [1.82, 2.24) is 9.97 Å². The molecule has 19 heavy (non-hydrogen) atoms. The lowest BCUT2D eigenvalue weighted by molar-refractivity contribution is 1.33. The van der Waals surface area contributed by atoms with E-state index in [9.17, 15) is 0 Å². The normalized spacial score (nSPS) is 10.1. The second-order valence-corrected chi connectivity index (χ2v) is 4.24. The summed E-state index contributed by atoms with van der Waals surface area (Å²) in [5, 5.41) is 2.61. The topological polar surface area (TPSA) is 28.7 Å². The zero-order chi connectivity index (χ0) is 12.9. The first-order valence-corrected chi connectivity index (χ1v) is 6.25. The highest BCUT2D eigenvalue weighted by Gasteiger charge is 2.00. The molecule has 2 heteroatoms. The van der Waals surface area contributed by atoms with Gasteiger partial charge >= 0.3 is 0 Å². The number of aromatic amines is 1. The van der Waals surface area contributed by atoms with E-state index in [0.29, 0.717) is 0 Å². The van der Waals surface area contributed by atoms with E-state index in [1.54, 1.807) is 12.4 Å². The Balaban J connectivity index is 0.000000155. The van der Waals surface area contributed by atoms with Crippen LogP contribution in [0.15, 0.2) is 79.1 Å². The van der Waals surface area contributed by atoms with E-state index >= 15 is 0 Å². The molecule has 0 atom stereocenters. The molecule has 4 aromatic rings. The van der Waals surface area contributed by atoms with Gasteiger partial charge in [-0.3, -0.25) is 4.98 Å². The van der Waals surface area contributed by atoms with Crippen LogP contribution in [-0.4, -0.2) is 9.97 Å². The van der Waals surface area contributed by atoms with Crippen LogP contribution in [0.25, 0.3) is 21.8 Å². The Bertz CT molecular complexity index is 696. The molecule has 0 fully saturated rings. The Morgan fingerprint density at radius 2 is 1.11 bits per heavy atom. The first-order chi connectivity index (χ1) is 9.45. The minimum absolute atomic E-state index is 1.21. The van der Waals surface area contributed by atoms with Crippen molar-refractivity contribution >= 4 is 21.8 Å². The summed E-state index contributed by atoms with van der Waals surface area (Å²) in [6.07, 6.45) is 3.50. The molecule has 2 heterocycles. The van der Waals surface area contributed by atoms with E-state index in [0.717, 1.165) is 0 Å². The average Bonchev–Trinajstić information content (AvgIpc) is 2.88. The molecule has 0 amide bonds. The van der Waals surface area contributed by atoms with Crippen molar-refractivity contribution in [3.8, 4) is 0 Å². The number of nitrogens with one attached hydrogen (secondary N) is 1. The van der Waals surface area contributed by atoms with Gasteiger partial charge in [-0.25, -0.2) is 0 Å². The van der Waals surface area contributed by atoms with Gasteiger partial charge in [-0.2, -0.15) is 0 Å². The first kappa shape index (κ1) is 11.5. The maximum absolute atomic E-state index is 3.78. The largest absolute Gasteiger partial charge is 0.355 e. The summed E-state index contributed by atoms with van der Waals surface area (Å²) in [4.78, 5) is 7.16. The van der Waals surface area contributed by atoms with Gasteiger partial charge in [0, 0.05) is 34.2 Å². The molecule has 0 saturated heterocycles. The second-order valence-electron chi connectivity index (χ2n) is 4.24. The zero-order valence-corrected chi connectivity index (χ0v) is 10.5. The van der Waals surface area contributed by atoms with Gasteiger partial charge in [-0.1, -0.05) is 42.5 Å².